The van der Waals surface area contributed by atoms with Gasteiger partial charge >= 0.3 is 6.03 Å². The second kappa shape index (κ2) is 6.56. The SMILES string of the molecule is O=C(NO)NC(Cc1ccccc1)c1ccccc1. The van der Waals surface area contributed by atoms with E-state index in [1.54, 1.807) is 5.48 Å². The number of carbonyl (C=O) groups is 1. The number of hydrogen-bond donors (Lipinski definition) is 3. The van der Waals surface area contributed by atoms with Crippen LogP contribution in [0.5, 0.6) is 0 Å². The number of nitrogens with one attached hydrogen (secondary N) is 2. The number of urea groups is 1. The van der Waals surface area contributed by atoms with Gasteiger partial charge in [0.15, 0.2) is 0 Å². The van der Waals surface area contributed by atoms with E-state index in [4.69, 9.17) is 5.21 Å². The van der Waals surface area contributed by atoms with Crippen molar-refractivity contribution in [2.24, 2.45) is 0 Å². The quantitative estimate of drug-likeness (QED) is 0.581. The fourth-order valence-corrected chi connectivity index (χ4v) is 1.98. The fourth-order valence-electron chi connectivity index (χ4n) is 1.98. The average molecular weight is 256 g/mol. The van der Waals surface area contributed by atoms with E-state index in [1.165, 1.54) is 0 Å². The van der Waals surface area contributed by atoms with E-state index in [1.807, 2.05) is 60.7 Å². The average Bonchev–Trinajstić information content (AvgIpc) is 2.48. The highest BCUT2D eigenvalue weighted by molar-refractivity contribution is 5.73. The molecule has 3 N–H and O–H groups in total. The summed E-state index contributed by atoms with van der Waals surface area (Å²) in [5.74, 6) is 0. The number of hydroxylamine groups is 1. The van der Waals surface area contributed by atoms with E-state index < -0.39 is 6.03 Å². The molecule has 2 amide bonds. The first-order valence-electron chi connectivity index (χ1n) is 6.09. The van der Waals surface area contributed by atoms with Gasteiger partial charge in [0.05, 0.1) is 6.04 Å². The lowest BCUT2D eigenvalue weighted by Gasteiger charge is -2.18. The topological polar surface area (TPSA) is 61.4 Å². The van der Waals surface area contributed by atoms with Gasteiger partial charge in [-0.05, 0) is 17.5 Å². The van der Waals surface area contributed by atoms with Gasteiger partial charge in [0.1, 0.15) is 0 Å². The van der Waals surface area contributed by atoms with Crippen molar-refractivity contribution >= 4 is 6.03 Å². The van der Waals surface area contributed by atoms with Crippen LogP contribution in [0.2, 0.25) is 0 Å². The highest BCUT2D eigenvalue weighted by Crippen LogP contribution is 2.18. The summed E-state index contributed by atoms with van der Waals surface area (Å²) < 4.78 is 0. The normalized spacial score (nSPS) is 11.6. The van der Waals surface area contributed by atoms with Crippen molar-refractivity contribution in [3.05, 3.63) is 71.8 Å². The predicted octanol–water partition coefficient (Wildman–Crippen LogP) is 2.66. The van der Waals surface area contributed by atoms with Crippen LogP contribution in [0.15, 0.2) is 60.7 Å². The minimum atomic E-state index is -0.607. The summed E-state index contributed by atoms with van der Waals surface area (Å²) in [5, 5.41) is 11.4. The predicted molar refractivity (Wildman–Crippen MR) is 72.8 cm³/mol. The second-order valence-electron chi connectivity index (χ2n) is 4.24. The van der Waals surface area contributed by atoms with Crippen LogP contribution in [0, 0.1) is 0 Å². The Balaban J connectivity index is 2.17. The summed E-state index contributed by atoms with van der Waals surface area (Å²) in [4.78, 5) is 11.3. The molecule has 0 fully saturated rings. The maximum Gasteiger partial charge on any atom is 0.338 e. The summed E-state index contributed by atoms with van der Waals surface area (Å²) in [5.41, 5.74) is 3.72. The highest BCUT2D eigenvalue weighted by atomic mass is 16.5. The van der Waals surface area contributed by atoms with E-state index in [0.29, 0.717) is 6.42 Å². The molecule has 0 heterocycles. The Morgan fingerprint density at radius 2 is 1.58 bits per heavy atom. The molecule has 0 bridgehead atoms. The summed E-state index contributed by atoms with van der Waals surface area (Å²) in [6.45, 7) is 0. The van der Waals surface area contributed by atoms with Crippen molar-refractivity contribution < 1.29 is 10.0 Å². The molecule has 4 nitrogen and oxygen atoms in total. The largest absolute Gasteiger partial charge is 0.338 e. The van der Waals surface area contributed by atoms with Crippen LogP contribution in [-0.2, 0) is 6.42 Å². The van der Waals surface area contributed by atoms with Crippen LogP contribution in [0.1, 0.15) is 17.2 Å². The van der Waals surface area contributed by atoms with Crippen LogP contribution in [0.25, 0.3) is 0 Å². The van der Waals surface area contributed by atoms with Gasteiger partial charge in [0.2, 0.25) is 0 Å². The molecular formula is C15H16N2O2. The van der Waals surface area contributed by atoms with Crippen molar-refractivity contribution in [2.45, 2.75) is 12.5 Å². The zero-order valence-electron chi connectivity index (χ0n) is 10.4. The van der Waals surface area contributed by atoms with Gasteiger partial charge in [0.25, 0.3) is 0 Å². The first-order chi connectivity index (χ1) is 9.29. The van der Waals surface area contributed by atoms with Crippen LogP contribution < -0.4 is 10.8 Å². The summed E-state index contributed by atoms with van der Waals surface area (Å²) in [6, 6.07) is 18.8. The zero-order valence-corrected chi connectivity index (χ0v) is 10.4. The Bertz CT molecular complexity index is 514. The summed E-state index contributed by atoms with van der Waals surface area (Å²) >= 11 is 0. The molecular weight excluding hydrogens is 240 g/mol. The zero-order chi connectivity index (χ0) is 13.5. The Morgan fingerprint density at radius 3 is 2.16 bits per heavy atom. The third-order valence-electron chi connectivity index (χ3n) is 2.89. The lowest BCUT2D eigenvalue weighted by molar-refractivity contribution is 0.159. The van der Waals surface area contributed by atoms with E-state index in [0.717, 1.165) is 11.1 Å². The molecule has 1 atom stereocenters. The van der Waals surface area contributed by atoms with Gasteiger partial charge in [-0.3, -0.25) is 5.21 Å². The molecule has 2 rings (SSSR count). The number of rotatable bonds is 4. The van der Waals surface area contributed by atoms with Gasteiger partial charge in [-0.2, -0.15) is 0 Å². The summed E-state index contributed by atoms with van der Waals surface area (Å²) in [6.07, 6.45) is 0.665. The molecule has 0 aromatic heterocycles. The molecule has 2 aromatic rings. The number of benzene rings is 2. The molecule has 0 aliphatic heterocycles. The van der Waals surface area contributed by atoms with Gasteiger partial charge in [0, 0.05) is 0 Å². The van der Waals surface area contributed by atoms with E-state index in [-0.39, 0.29) is 6.04 Å². The molecule has 19 heavy (non-hydrogen) atoms. The third kappa shape index (κ3) is 3.82. The molecule has 0 saturated heterocycles. The lowest BCUT2D eigenvalue weighted by atomic mass is 9.99. The molecule has 0 spiro atoms. The fraction of sp³-hybridized carbons (Fsp3) is 0.133. The van der Waals surface area contributed by atoms with Crippen molar-refractivity contribution in [3.8, 4) is 0 Å². The number of hydrogen-bond acceptors (Lipinski definition) is 2. The highest BCUT2D eigenvalue weighted by Gasteiger charge is 2.14. The summed E-state index contributed by atoms with van der Waals surface area (Å²) in [7, 11) is 0. The maximum absolute atomic E-state index is 11.3. The maximum atomic E-state index is 11.3. The van der Waals surface area contributed by atoms with Crippen molar-refractivity contribution in [2.75, 3.05) is 0 Å². The minimum absolute atomic E-state index is 0.184. The third-order valence-corrected chi connectivity index (χ3v) is 2.89. The first kappa shape index (κ1) is 13.1. The van der Waals surface area contributed by atoms with Crippen LogP contribution in [0.3, 0.4) is 0 Å². The van der Waals surface area contributed by atoms with Gasteiger partial charge in [-0.15, -0.1) is 0 Å². The van der Waals surface area contributed by atoms with Crippen LogP contribution in [-0.4, -0.2) is 11.2 Å². The first-order valence-corrected chi connectivity index (χ1v) is 6.09. The molecule has 0 aliphatic rings. The molecule has 0 aliphatic carbocycles. The van der Waals surface area contributed by atoms with E-state index in [9.17, 15) is 4.79 Å². The van der Waals surface area contributed by atoms with E-state index >= 15 is 0 Å². The molecule has 0 saturated carbocycles. The molecule has 98 valence electrons. The Labute approximate surface area is 112 Å². The van der Waals surface area contributed by atoms with Crippen LogP contribution >= 0.6 is 0 Å². The Morgan fingerprint density at radius 1 is 1.00 bits per heavy atom. The Hall–Kier alpha value is -2.33. The Kier molecular flexibility index (Phi) is 4.53. The molecule has 0 radical (unpaired) electrons. The minimum Gasteiger partial charge on any atom is -0.329 e. The van der Waals surface area contributed by atoms with Gasteiger partial charge < -0.3 is 5.32 Å². The van der Waals surface area contributed by atoms with Gasteiger partial charge in [-0.1, -0.05) is 60.7 Å². The van der Waals surface area contributed by atoms with Crippen molar-refractivity contribution in [1.82, 2.24) is 10.8 Å². The molecule has 2 aromatic carbocycles. The molecule has 4 heteroatoms. The number of amides is 2. The van der Waals surface area contributed by atoms with E-state index in [2.05, 4.69) is 5.32 Å². The lowest BCUT2D eigenvalue weighted by Crippen LogP contribution is -2.37. The molecule has 1 unspecified atom stereocenters. The van der Waals surface area contributed by atoms with Crippen molar-refractivity contribution in [3.63, 3.8) is 0 Å². The second-order valence-corrected chi connectivity index (χ2v) is 4.24. The van der Waals surface area contributed by atoms with Gasteiger partial charge in [-0.25, -0.2) is 10.3 Å². The van der Waals surface area contributed by atoms with Crippen LogP contribution in [0.4, 0.5) is 4.79 Å². The standard InChI is InChI=1S/C15H16N2O2/c18-15(17-19)16-14(13-9-5-2-6-10-13)11-12-7-3-1-4-8-12/h1-10,14,19H,11H2,(H2,16,17,18). The van der Waals surface area contributed by atoms with Crippen molar-refractivity contribution in [1.29, 1.82) is 0 Å². The number of carbonyl (C=O) groups excluding carboxylic acids is 1. The smallest absolute Gasteiger partial charge is 0.329 e. The monoisotopic (exact) mass is 256 g/mol.